The third kappa shape index (κ3) is 1.97. The molecule has 1 fully saturated rings. The van der Waals surface area contributed by atoms with E-state index in [0.29, 0.717) is 6.54 Å². The number of nitrogens with one attached hydrogen (secondary N) is 1. The lowest BCUT2D eigenvalue weighted by atomic mass is 10.1. The third-order valence-corrected chi connectivity index (χ3v) is 3.77. The standard InChI is InChI=1S/C7H16N2O2S/c1-6-7(2)9(5-4-8-6)12(3,10)11/h6-8H,4-5H2,1-3H3. The minimum Gasteiger partial charge on any atom is -0.311 e. The van der Waals surface area contributed by atoms with Crippen molar-refractivity contribution in [2.45, 2.75) is 25.9 Å². The van der Waals surface area contributed by atoms with Crippen LogP contribution in [0, 0.1) is 0 Å². The SMILES string of the molecule is CC1NCCN(S(C)(=O)=O)C1C. The lowest BCUT2D eigenvalue weighted by Gasteiger charge is -2.36. The second-order valence-corrected chi connectivity index (χ2v) is 5.29. The van der Waals surface area contributed by atoms with E-state index in [1.54, 1.807) is 4.31 Å². The predicted molar refractivity (Wildman–Crippen MR) is 48.5 cm³/mol. The first kappa shape index (κ1) is 9.95. The lowest BCUT2D eigenvalue weighted by molar-refractivity contribution is 0.234. The van der Waals surface area contributed by atoms with Gasteiger partial charge in [0.2, 0.25) is 10.0 Å². The molecule has 0 bridgehead atoms. The molecule has 12 heavy (non-hydrogen) atoms. The van der Waals surface area contributed by atoms with Gasteiger partial charge in [0.15, 0.2) is 0 Å². The molecule has 0 aliphatic carbocycles. The summed E-state index contributed by atoms with van der Waals surface area (Å²) in [6.07, 6.45) is 1.27. The molecule has 2 unspecified atom stereocenters. The molecule has 4 nitrogen and oxygen atoms in total. The van der Waals surface area contributed by atoms with E-state index in [4.69, 9.17) is 0 Å². The first-order valence-electron chi connectivity index (χ1n) is 4.13. The van der Waals surface area contributed by atoms with Crippen LogP contribution in [0.1, 0.15) is 13.8 Å². The van der Waals surface area contributed by atoms with Crippen molar-refractivity contribution in [1.29, 1.82) is 0 Å². The van der Waals surface area contributed by atoms with Gasteiger partial charge in [0.1, 0.15) is 0 Å². The van der Waals surface area contributed by atoms with Crippen LogP contribution in [0.25, 0.3) is 0 Å². The molecule has 0 aromatic rings. The zero-order chi connectivity index (χ0) is 9.35. The number of hydrogen-bond donors (Lipinski definition) is 1. The minimum absolute atomic E-state index is 0.0637. The number of nitrogens with zero attached hydrogens (tertiary/aromatic N) is 1. The van der Waals surface area contributed by atoms with E-state index in [1.807, 2.05) is 13.8 Å². The Morgan fingerprint density at radius 1 is 1.42 bits per heavy atom. The zero-order valence-electron chi connectivity index (χ0n) is 7.74. The van der Waals surface area contributed by atoms with Gasteiger partial charge in [-0.1, -0.05) is 0 Å². The summed E-state index contributed by atoms with van der Waals surface area (Å²) in [5, 5.41) is 3.23. The maximum absolute atomic E-state index is 11.2. The van der Waals surface area contributed by atoms with Crippen molar-refractivity contribution in [2.75, 3.05) is 19.3 Å². The van der Waals surface area contributed by atoms with Gasteiger partial charge < -0.3 is 5.32 Å². The molecule has 1 aliphatic rings. The van der Waals surface area contributed by atoms with Crippen LogP contribution in [0.4, 0.5) is 0 Å². The fourth-order valence-corrected chi connectivity index (χ4v) is 2.70. The van der Waals surface area contributed by atoms with E-state index in [-0.39, 0.29) is 12.1 Å². The first-order valence-corrected chi connectivity index (χ1v) is 5.98. The van der Waals surface area contributed by atoms with E-state index >= 15 is 0 Å². The number of sulfonamides is 1. The summed E-state index contributed by atoms with van der Waals surface area (Å²) in [6.45, 7) is 5.27. The van der Waals surface area contributed by atoms with Crippen LogP contribution in [0.2, 0.25) is 0 Å². The molecule has 0 aromatic heterocycles. The summed E-state index contributed by atoms with van der Waals surface area (Å²) in [7, 11) is -3.01. The Hall–Kier alpha value is -0.130. The molecular weight excluding hydrogens is 176 g/mol. The van der Waals surface area contributed by atoms with Gasteiger partial charge in [0.25, 0.3) is 0 Å². The molecule has 72 valence electrons. The van der Waals surface area contributed by atoms with Crippen LogP contribution in [0.5, 0.6) is 0 Å². The second kappa shape index (κ2) is 3.32. The summed E-state index contributed by atoms with van der Waals surface area (Å²) in [5.41, 5.74) is 0. The Balaban J connectivity index is 2.78. The molecule has 5 heteroatoms. The number of hydrogen-bond acceptors (Lipinski definition) is 3. The monoisotopic (exact) mass is 192 g/mol. The van der Waals surface area contributed by atoms with Gasteiger partial charge in [-0.05, 0) is 13.8 Å². The van der Waals surface area contributed by atoms with Gasteiger partial charge in [-0.15, -0.1) is 0 Å². The topological polar surface area (TPSA) is 49.4 Å². The molecule has 1 N–H and O–H groups in total. The lowest BCUT2D eigenvalue weighted by Crippen LogP contribution is -2.56. The second-order valence-electron chi connectivity index (χ2n) is 3.36. The van der Waals surface area contributed by atoms with Gasteiger partial charge in [-0.25, -0.2) is 8.42 Å². The molecule has 0 amide bonds. The molecule has 1 heterocycles. The minimum atomic E-state index is -3.01. The van der Waals surface area contributed by atoms with Gasteiger partial charge >= 0.3 is 0 Å². The highest BCUT2D eigenvalue weighted by Crippen LogP contribution is 2.11. The Morgan fingerprint density at radius 3 is 2.42 bits per heavy atom. The van der Waals surface area contributed by atoms with Gasteiger partial charge in [0.05, 0.1) is 6.26 Å². The van der Waals surface area contributed by atoms with E-state index in [0.717, 1.165) is 6.54 Å². The van der Waals surface area contributed by atoms with Crippen LogP contribution >= 0.6 is 0 Å². The molecular formula is C7H16N2O2S. The van der Waals surface area contributed by atoms with E-state index in [9.17, 15) is 8.42 Å². The third-order valence-electron chi connectivity index (χ3n) is 2.40. The van der Waals surface area contributed by atoms with Gasteiger partial charge in [-0.2, -0.15) is 4.31 Å². The maximum Gasteiger partial charge on any atom is 0.211 e. The van der Waals surface area contributed by atoms with Crippen molar-refractivity contribution in [2.24, 2.45) is 0 Å². The average molecular weight is 192 g/mol. The van der Waals surface area contributed by atoms with Crippen LogP contribution < -0.4 is 5.32 Å². The van der Waals surface area contributed by atoms with Gasteiger partial charge in [0, 0.05) is 25.2 Å². The van der Waals surface area contributed by atoms with Crippen molar-refractivity contribution >= 4 is 10.0 Å². The van der Waals surface area contributed by atoms with E-state index in [1.165, 1.54) is 6.26 Å². The highest BCUT2D eigenvalue weighted by Gasteiger charge is 2.30. The number of rotatable bonds is 1. The molecule has 0 spiro atoms. The van der Waals surface area contributed by atoms with Crippen molar-refractivity contribution in [3.05, 3.63) is 0 Å². The predicted octanol–water partition coefficient (Wildman–Crippen LogP) is -0.372. The van der Waals surface area contributed by atoms with E-state index in [2.05, 4.69) is 5.32 Å². The Labute approximate surface area is 74.0 Å². The maximum atomic E-state index is 11.2. The van der Waals surface area contributed by atoms with Crippen molar-refractivity contribution < 1.29 is 8.42 Å². The number of piperazine rings is 1. The summed E-state index contributed by atoms with van der Waals surface area (Å²) in [5.74, 6) is 0. The fourth-order valence-electron chi connectivity index (χ4n) is 1.49. The molecule has 0 radical (unpaired) electrons. The normalized spacial score (nSPS) is 33.6. The van der Waals surface area contributed by atoms with Crippen molar-refractivity contribution in [3.63, 3.8) is 0 Å². The van der Waals surface area contributed by atoms with Crippen LogP contribution in [-0.2, 0) is 10.0 Å². The van der Waals surface area contributed by atoms with Crippen molar-refractivity contribution in [3.8, 4) is 0 Å². The molecule has 2 atom stereocenters. The molecule has 0 aromatic carbocycles. The highest BCUT2D eigenvalue weighted by atomic mass is 32.2. The smallest absolute Gasteiger partial charge is 0.211 e. The molecule has 1 saturated heterocycles. The van der Waals surface area contributed by atoms with Crippen LogP contribution in [0.3, 0.4) is 0 Å². The first-order chi connectivity index (χ1) is 5.43. The molecule has 0 saturated carbocycles. The Morgan fingerprint density at radius 2 is 2.00 bits per heavy atom. The van der Waals surface area contributed by atoms with Crippen LogP contribution in [-0.4, -0.2) is 44.2 Å². The Kier molecular flexibility index (Phi) is 2.75. The molecule has 1 rings (SSSR count). The summed E-state index contributed by atoms with van der Waals surface area (Å²) in [4.78, 5) is 0. The Bertz CT molecular complexity index is 250. The summed E-state index contributed by atoms with van der Waals surface area (Å²) >= 11 is 0. The largest absolute Gasteiger partial charge is 0.311 e. The van der Waals surface area contributed by atoms with Gasteiger partial charge in [-0.3, -0.25) is 0 Å². The quantitative estimate of drug-likeness (QED) is 0.616. The summed E-state index contributed by atoms with van der Waals surface area (Å²) in [6, 6.07) is 0.308. The molecule has 1 aliphatic heterocycles. The zero-order valence-corrected chi connectivity index (χ0v) is 8.56. The average Bonchev–Trinajstić information content (AvgIpc) is 1.92. The highest BCUT2D eigenvalue weighted by molar-refractivity contribution is 7.88. The fraction of sp³-hybridized carbons (Fsp3) is 1.00. The summed E-state index contributed by atoms with van der Waals surface area (Å²) < 4.78 is 24.0. The van der Waals surface area contributed by atoms with E-state index < -0.39 is 10.0 Å². The van der Waals surface area contributed by atoms with Crippen molar-refractivity contribution in [1.82, 2.24) is 9.62 Å². The van der Waals surface area contributed by atoms with Crippen LogP contribution in [0.15, 0.2) is 0 Å².